The van der Waals surface area contributed by atoms with E-state index in [2.05, 4.69) is 16.8 Å². The van der Waals surface area contributed by atoms with Gasteiger partial charge in [0.25, 0.3) is 0 Å². The van der Waals surface area contributed by atoms with Gasteiger partial charge < -0.3 is 14.8 Å². The second-order valence-electron chi connectivity index (χ2n) is 4.70. The van der Waals surface area contributed by atoms with Crippen LogP contribution in [0.2, 0.25) is 0 Å². The van der Waals surface area contributed by atoms with Gasteiger partial charge in [0.1, 0.15) is 0 Å². The fraction of sp³-hybridized carbons (Fsp3) is 0.357. The van der Waals surface area contributed by atoms with Crippen LogP contribution in [0.4, 0.5) is 0 Å². The maximum atomic E-state index is 11.0. The molecule has 0 radical (unpaired) electrons. The highest BCUT2D eigenvalue weighted by Gasteiger charge is 2.22. The maximum absolute atomic E-state index is 11.0. The lowest BCUT2D eigenvalue weighted by molar-refractivity contribution is 0.0660. The Balaban J connectivity index is 1.71. The van der Waals surface area contributed by atoms with E-state index in [0.717, 1.165) is 12.8 Å². The monoisotopic (exact) mass is 277 g/mol. The Morgan fingerprint density at radius 3 is 3.26 bits per heavy atom. The first kappa shape index (κ1) is 12.4. The molecular weight excluding hydrogens is 262 g/mol. The zero-order chi connectivity index (χ0) is 13.2. The van der Waals surface area contributed by atoms with Crippen LogP contribution >= 0.6 is 11.3 Å². The highest BCUT2D eigenvalue weighted by atomic mass is 32.1. The van der Waals surface area contributed by atoms with Crippen molar-refractivity contribution in [3.05, 3.63) is 45.5 Å². The van der Waals surface area contributed by atoms with Gasteiger partial charge in [0.2, 0.25) is 5.76 Å². The Kier molecular flexibility index (Phi) is 3.40. The van der Waals surface area contributed by atoms with Gasteiger partial charge in [0.05, 0.1) is 6.26 Å². The lowest BCUT2D eigenvalue weighted by Gasteiger charge is -2.23. The summed E-state index contributed by atoms with van der Waals surface area (Å²) in [5.41, 5.74) is 2.08. The molecule has 2 aromatic heterocycles. The number of nitrogens with one attached hydrogen (secondary N) is 1. The number of furan rings is 1. The summed E-state index contributed by atoms with van der Waals surface area (Å²) in [7, 11) is 0. The normalized spacial score (nSPS) is 18.2. The highest BCUT2D eigenvalue weighted by molar-refractivity contribution is 7.10. The number of hydrogen-bond donors (Lipinski definition) is 2. The van der Waals surface area contributed by atoms with Crippen LogP contribution in [0, 0.1) is 0 Å². The lowest BCUT2D eigenvalue weighted by atomic mass is 9.94. The minimum Gasteiger partial charge on any atom is -0.475 e. The molecule has 2 heterocycles. The van der Waals surface area contributed by atoms with E-state index in [1.165, 1.54) is 23.1 Å². The fourth-order valence-electron chi connectivity index (χ4n) is 2.59. The van der Waals surface area contributed by atoms with Crippen LogP contribution in [0.15, 0.2) is 28.2 Å². The quantitative estimate of drug-likeness (QED) is 0.900. The molecule has 3 rings (SSSR count). The number of carboxylic acid groups (broad SMARTS) is 1. The van der Waals surface area contributed by atoms with E-state index in [-0.39, 0.29) is 5.76 Å². The molecule has 0 spiro atoms. The zero-order valence-corrected chi connectivity index (χ0v) is 11.2. The van der Waals surface area contributed by atoms with E-state index < -0.39 is 5.97 Å². The average Bonchev–Trinajstić information content (AvgIpc) is 3.04. The largest absolute Gasteiger partial charge is 0.475 e. The molecule has 1 atom stereocenters. The van der Waals surface area contributed by atoms with Crippen LogP contribution in [0.5, 0.6) is 0 Å². The molecule has 1 unspecified atom stereocenters. The Morgan fingerprint density at radius 1 is 1.53 bits per heavy atom. The number of fused-ring (bicyclic) bond motifs is 1. The van der Waals surface area contributed by atoms with E-state index in [0.29, 0.717) is 18.2 Å². The Morgan fingerprint density at radius 2 is 2.42 bits per heavy atom. The van der Waals surface area contributed by atoms with Crippen molar-refractivity contribution in [2.75, 3.05) is 0 Å². The summed E-state index contributed by atoms with van der Waals surface area (Å²) in [5, 5.41) is 14.6. The van der Waals surface area contributed by atoms with Gasteiger partial charge in [0.15, 0.2) is 0 Å². The molecule has 0 aromatic carbocycles. The summed E-state index contributed by atoms with van der Waals surface area (Å²) >= 11 is 1.81. The molecule has 1 aliphatic carbocycles. The van der Waals surface area contributed by atoms with Crippen molar-refractivity contribution in [2.24, 2.45) is 0 Å². The van der Waals surface area contributed by atoms with E-state index in [1.54, 1.807) is 6.07 Å². The number of carboxylic acids is 1. The molecular formula is C14H15NO3S. The molecule has 100 valence electrons. The SMILES string of the molecule is O=C(O)c1occc1CNC1CCCc2sccc21. The molecule has 0 saturated heterocycles. The van der Waals surface area contributed by atoms with Crippen LogP contribution < -0.4 is 5.32 Å². The van der Waals surface area contributed by atoms with Crippen molar-refractivity contribution in [1.29, 1.82) is 0 Å². The number of aryl methyl sites for hydroxylation is 1. The minimum absolute atomic E-state index is 0.0360. The third kappa shape index (κ3) is 2.43. The molecule has 2 N–H and O–H groups in total. The number of aromatic carboxylic acids is 1. The molecule has 1 aliphatic rings. The topological polar surface area (TPSA) is 62.5 Å². The maximum Gasteiger partial charge on any atom is 0.372 e. The first-order valence-corrected chi connectivity index (χ1v) is 7.23. The zero-order valence-electron chi connectivity index (χ0n) is 10.4. The summed E-state index contributed by atoms with van der Waals surface area (Å²) in [6.07, 6.45) is 4.88. The van der Waals surface area contributed by atoms with Crippen LogP contribution in [-0.2, 0) is 13.0 Å². The van der Waals surface area contributed by atoms with Gasteiger partial charge in [-0.3, -0.25) is 0 Å². The summed E-state index contributed by atoms with van der Waals surface area (Å²) in [6.45, 7) is 0.526. The standard InChI is InChI=1S/C14H15NO3S/c16-14(17)13-9(4-6-18-13)8-15-11-2-1-3-12-10(11)5-7-19-12/h4-7,11,15H,1-3,8H2,(H,16,17). The van der Waals surface area contributed by atoms with Crippen molar-refractivity contribution >= 4 is 17.3 Å². The number of thiophene rings is 1. The van der Waals surface area contributed by atoms with Crippen molar-refractivity contribution in [3.8, 4) is 0 Å². The highest BCUT2D eigenvalue weighted by Crippen LogP contribution is 2.33. The van der Waals surface area contributed by atoms with E-state index >= 15 is 0 Å². The van der Waals surface area contributed by atoms with Crippen molar-refractivity contribution in [3.63, 3.8) is 0 Å². The van der Waals surface area contributed by atoms with Gasteiger partial charge in [-0.15, -0.1) is 11.3 Å². The lowest BCUT2D eigenvalue weighted by Crippen LogP contribution is -2.24. The molecule has 4 nitrogen and oxygen atoms in total. The Bertz CT molecular complexity index is 587. The van der Waals surface area contributed by atoms with Gasteiger partial charge in [-0.1, -0.05) is 0 Å². The molecule has 0 saturated carbocycles. The van der Waals surface area contributed by atoms with Crippen LogP contribution in [0.25, 0.3) is 0 Å². The van der Waals surface area contributed by atoms with Crippen molar-refractivity contribution in [2.45, 2.75) is 31.8 Å². The van der Waals surface area contributed by atoms with Crippen LogP contribution in [0.3, 0.4) is 0 Å². The van der Waals surface area contributed by atoms with Crippen molar-refractivity contribution in [1.82, 2.24) is 5.32 Å². The second kappa shape index (κ2) is 5.19. The van der Waals surface area contributed by atoms with Gasteiger partial charge in [-0.05, 0) is 42.3 Å². The minimum atomic E-state index is -1.01. The van der Waals surface area contributed by atoms with Gasteiger partial charge in [-0.2, -0.15) is 0 Å². The van der Waals surface area contributed by atoms with Gasteiger partial charge in [0, 0.05) is 23.0 Å². The van der Waals surface area contributed by atoms with E-state index in [4.69, 9.17) is 9.52 Å². The molecule has 5 heteroatoms. The Hall–Kier alpha value is -1.59. The van der Waals surface area contributed by atoms with E-state index in [1.807, 2.05) is 11.3 Å². The summed E-state index contributed by atoms with van der Waals surface area (Å²) in [5.74, 6) is -0.976. The average molecular weight is 277 g/mol. The van der Waals surface area contributed by atoms with Gasteiger partial charge >= 0.3 is 5.97 Å². The number of carbonyl (C=O) groups is 1. The molecule has 0 amide bonds. The molecule has 0 fully saturated rings. The summed E-state index contributed by atoms with van der Waals surface area (Å²) < 4.78 is 4.98. The van der Waals surface area contributed by atoms with Crippen molar-refractivity contribution < 1.29 is 14.3 Å². The number of rotatable bonds is 4. The predicted octanol–water partition coefficient (Wildman–Crippen LogP) is 3.21. The summed E-state index contributed by atoms with van der Waals surface area (Å²) in [4.78, 5) is 12.4. The Labute approximate surface area is 115 Å². The van der Waals surface area contributed by atoms with Crippen LogP contribution in [0.1, 0.15) is 45.4 Å². The first-order valence-electron chi connectivity index (χ1n) is 6.35. The third-order valence-electron chi connectivity index (χ3n) is 3.53. The fourth-order valence-corrected chi connectivity index (χ4v) is 3.58. The van der Waals surface area contributed by atoms with E-state index in [9.17, 15) is 4.79 Å². The number of hydrogen-bond acceptors (Lipinski definition) is 4. The molecule has 0 bridgehead atoms. The van der Waals surface area contributed by atoms with Crippen LogP contribution in [-0.4, -0.2) is 11.1 Å². The summed E-state index contributed by atoms with van der Waals surface area (Å²) in [6, 6.07) is 4.21. The predicted molar refractivity (Wildman–Crippen MR) is 72.5 cm³/mol. The first-order chi connectivity index (χ1) is 9.25. The second-order valence-corrected chi connectivity index (χ2v) is 5.71. The third-order valence-corrected chi connectivity index (χ3v) is 4.53. The molecule has 0 aliphatic heterocycles. The molecule has 2 aromatic rings. The molecule has 19 heavy (non-hydrogen) atoms. The smallest absolute Gasteiger partial charge is 0.372 e. The van der Waals surface area contributed by atoms with Gasteiger partial charge in [-0.25, -0.2) is 4.79 Å².